The summed E-state index contributed by atoms with van der Waals surface area (Å²) in [5.74, 6) is -0.678. The number of hydrogen-bond donors (Lipinski definition) is 1. The summed E-state index contributed by atoms with van der Waals surface area (Å²) >= 11 is 0. The van der Waals surface area contributed by atoms with Crippen molar-refractivity contribution in [2.75, 3.05) is 31.5 Å². The number of rotatable bonds is 3. The van der Waals surface area contributed by atoms with Crippen LogP contribution in [-0.4, -0.2) is 64.8 Å². The van der Waals surface area contributed by atoms with Crippen molar-refractivity contribution in [1.82, 2.24) is 14.7 Å². The number of piperazine rings is 1. The second-order valence-corrected chi connectivity index (χ2v) is 7.97. The van der Waals surface area contributed by atoms with Crippen LogP contribution in [0.4, 0.5) is 14.9 Å². The molecule has 2 aliphatic rings. The highest BCUT2D eigenvalue weighted by atomic mass is 19.1. The molecular weight excluding hydrogens is 399 g/mol. The molecule has 0 saturated carbocycles. The lowest BCUT2D eigenvalue weighted by atomic mass is 10.1. The van der Waals surface area contributed by atoms with Gasteiger partial charge in [0.25, 0.3) is 0 Å². The Hall–Kier alpha value is -3.42. The maximum absolute atomic E-state index is 13.2. The molecule has 0 bridgehead atoms. The van der Waals surface area contributed by atoms with E-state index < -0.39 is 6.04 Å². The average molecular weight is 424 g/mol. The van der Waals surface area contributed by atoms with E-state index in [2.05, 4.69) is 5.32 Å². The highest BCUT2D eigenvalue weighted by molar-refractivity contribution is 5.96. The van der Waals surface area contributed by atoms with E-state index in [9.17, 15) is 18.8 Å². The molecule has 2 aliphatic heterocycles. The molecule has 1 atom stereocenters. The van der Waals surface area contributed by atoms with E-state index in [-0.39, 0.29) is 43.3 Å². The first-order valence-electron chi connectivity index (χ1n) is 10.4. The summed E-state index contributed by atoms with van der Waals surface area (Å²) < 4.78 is 13.2. The third kappa shape index (κ3) is 4.52. The molecular formula is C23H25FN4O3. The van der Waals surface area contributed by atoms with Crippen LogP contribution in [0.1, 0.15) is 17.5 Å². The predicted molar refractivity (Wildman–Crippen MR) is 114 cm³/mol. The molecule has 1 N–H and O–H groups in total. The molecule has 0 aromatic heterocycles. The van der Waals surface area contributed by atoms with Crippen molar-refractivity contribution in [2.45, 2.75) is 25.9 Å². The van der Waals surface area contributed by atoms with Gasteiger partial charge in [0.05, 0.1) is 6.54 Å². The van der Waals surface area contributed by atoms with Gasteiger partial charge in [-0.3, -0.25) is 9.59 Å². The van der Waals surface area contributed by atoms with Gasteiger partial charge in [-0.2, -0.15) is 0 Å². The molecule has 7 nitrogen and oxygen atoms in total. The van der Waals surface area contributed by atoms with Crippen LogP contribution in [0.5, 0.6) is 0 Å². The van der Waals surface area contributed by atoms with E-state index in [0.717, 1.165) is 16.8 Å². The Morgan fingerprint density at radius 3 is 2.58 bits per heavy atom. The number of hydrogen-bond acceptors (Lipinski definition) is 3. The number of para-hydroxylation sites is 1. The first-order valence-corrected chi connectivity index (χ1v) is 10.4. The van der Waals surface area contributed by atoms with Gasteiger partial charge in [0, 0.05) is 25.3 Å². The monoisotopic (exact) mass is 424 g/mol. The van der Waals surface area contributed by atoms with Gasteiger partial charge in [-0.25, -0.2) is 9.18 Å². The molecule has 2 heterocycles. The summed E-state index contributed by atoms with van der Waals surface area (Å²) in [5.41, 5.74) is 2.41. The van der Waals surface area contributed by atoms with Gasteiger partial charge >= 0.3 is 6.03 Å². The van der Waals surface area contributed by atoms with Crippen LogP contribution >= 0.6 is 0 Å². The number of halogens is 1. The predicted octanol–water partition coefficient (Wildman–Crippen LogP) is 2.61. The van der Waals surface area contributed by atoms with Crippen LogP contribution in [0, 0.1) is 12.7 Å². The fourth-order valence-corrected chi connectivity index (χ4v) is 4.07. The first kappa shape index (κ1) is 20.8. The van der Waals surface area contributed by atoms with Crippen LogP contribution in [0.25, 0.3) is 0 Å². The SMILES string of the molecule is Cc1ccccc1NC(=O)N1CCCN2C(=O)CN(Cc3ccc(F)cc3)C(=O)C2C1. The second-order valence-electron chi connectivity index (χ2n) is 7.97. The Bertz CT molecular complexity index is 995. The van der Waals surface area contributed by atoms with Gasteiger partial charge in [-0.05, 0) is 42.7 Å². The number of nitrogens with one attached hydrogen (secondary N) is 1. The molecule has 4 rings (SSSR count). The molecule has 0 aliphatic carbocycles. The number of carbonyl (C=O) groups excluding carboxylic acids is 3. The van der Waals surface area contributed by atoms with Gasteiger partial charge in [0.1, 0.15) is 18.4 Å². The van der Waals surface area contributed by atoms with Gasteiger partial charge < -0.3 is 20.0 Å². The largest absolute Gasteiger partial charge is 0.327 e. The van der Waals surface area contributed by atoms with Gasteiger partial charge in [0.15, 0.2) is 0 Å². The molecule has 2 aromatic rings. The summed E-state index contributed by atoms with van der Waals surface area (Å²) in [4.78, 5) is 43.5. The van der Waals surface area contributed by atoms with Gasteiger partial charge in [-0.1, -0.05) is 30.3 Å². The molecule has 0 radical (unpaired) electrons. The number of carbonyl (C=O) groups is 3. The lowest BCUT2D eigenvalue weighted by molar-refractivity contribution is -0.156. The number of benzene rings is 2. The zero-order valence-corrected chi connectivity index (χ0v) is 17.4. The van der Waals surface area contributed by atoms with Crippen molar-refractivity contribution in [1.29, 1.82) is 0 Å². The third-order valence-electron chi connectivity index (χ3n) is 5.80. The number of anilines is 1. The highest BCUT2D eigenvalue weighted by Gasteiger charge is 2.42. The number of aryl methyl sites for hydroxylation is 1. The topological polar surface area (TPSA) is 73.0 Å². The van der Waals surface area contributed by atoms with Crippen molar-refractivity contribution in [2.24, 2.45) is 0 Å². The van der Waals surface area contributed by atoms with E-state index in [4.69, 9.17) is 0 Å². The van der Waals surface area contributed by atoms with Crippen LogP contribution in [0.15, 0.2) is 48.5 Å². The lowest BCUT2D eigenvalue weighted by Gasteiger charge is -2.40. The third-order valence-corrected chi connectivity index (χ3v) is 5.80. The van der Waals surface area contributed by atoms with Crippen molar-refractivity contribution >= 4 is 23.5 Å². The fourth-order valence-electron chi connectivity index (χ4n) is 4.07. The summed E-state index contributed by atoms with van der Waals surface area (Å²) in [6.07, 6.45) is 0.606. The molecule has 2 fully saturated rings. The number of amides is 4. The molecule has 31 heavy (non-hydrogen) atoms. The Balaban J connectivity index is 1.49. The van der Waals surface area contributed by atoms with Crippen LogP contribution in [0.3, 0.4) is 0 Å². The number of nitrogens with zero attached hydrogens (tertiary/aromatic N) is 3. The Morgan fingerprint density at radius 2 is 1.84 bits per heavy atom. The van der Waals surface area contributed by atoms with Crippen molar-refractivity contribution in [3.63, 3.8) is 0 Å². The summed E-state index contributed by atoms with van der Waals surface area (Å²) in [6, 6.07) is 12.4. The van der Waals surface area contributed by atoms with E-state index in [1.807, 2.05) is 31.2 Å². The van der Waals surface area contributed by atoms with Crippen LogP contribution in [0.2, 0.25) is 0 Å². The van der Waals surface area contributed by atoms with Crippen LogP contribution in [-0.2, 0) is 16.1 Å². The second kappa shape index (κ2) is 8.75. The van der Waals surface area contributed by atoms with Crippen molar-refractivity contribution in [3.8, 4) is 0 Å². The average Bonchev–Trinajstić information content (AvgIpc) is 2.99. The van der Waals surface area contributed by atoms with E-state index in [1.54, 1.807) is 21.9 Å². The van der Waals surface area contributed by atoms with E-state index >= 15 is 0 Å². The molecule has 1 unspecified atom stereocenters. The first-order chi connectivity index (χ1) is 14.9. The maximum Gasteiger partial charge on any atom is 0.321 e. The molecule has 2 saturated heterocycles. The minimum absolute atomic E-state index is 0.0118. The molecule has 2 aromatic carbocycles. The molecule has 162 valence electrons. The maximum atomic E-state index is 13.2. The fraction of sp³-hybridized carbons (Fsp3) is 0.348. The molecule has 4 amide bonds. The van der Waals surface area contributed by atoms with Gasteiger partial charge in [0.2, 0.25) is 11.8 Å². The zero-order chi connectivity index (χ0) is 22.0. The molecule has 8 heteroatoms. The highest BCUT2D eigenvalue weighted by Crippen LogP contribution is 2.21. The summed E-state index contributed by atoms with van der Waals surface area (Å²) in [7, 11) is 0. The quantitative estimate of drug-likeness (QED) is 0.823. The summed E-state index contributed by atoms with van der Waals surface area (Å²) in [6.45, 7) is 3.17. The summed E-state index contributed by atoms with van der Waals surface area (Å²) in [5, 5.41) is 2.91. The van der Waals surface area contributed by atoms with Crippen LogP contribution < -0.4 is 5.32 Å². The molecule has 0 spiro atoms. The minimum atomic E-state index is -0.716. The number of fused-ring (bicyclic) bond motifs is 1. The van der Waals surface area contributed by atoms with E-state index in [1.165, 1.54) is 17.0 Å². The van der Waals surface area contributed by atoms with Crippen molar-refractivity contribution in [3.05, 3.63) is 65.5 Å². The zero-order valence-electron chi connectivity index (χ0n) is 17.4. The normalized spacial score (nSPS) is 19.2. The standard InChI is InChI=1S/C23H25FN4O3/c1-16-5-2-3-6-19(16)25-23(31)26-11-4-12-28-20(14-26)22(30)27(15-21(28)29)13-17-7-9-18(24)10-8-17/h2-3,5-10,20H,4,11-15H2,1H3,(H,25,31). The lowest BCUT2D eigenvalue weighted by Crippen LogP contribution is -2.61. The Morgan fingerprint density at radius 1 is 1.10 bits per heavy atom. The van der Waals surface area contributed by atoms with Crippen molar-refractivity contribution < 1.29 is 18.8 Å². The smallest absolute Gasteiger partial charge is 0.321 e. The Labute approximate surface area is 180 Å². The van der Waals surface area contributed by atoms with Gasteiger partial charge in [-0.15, -0.1) is 0 Å². The minimum Gasteiger partial charge on any atom is -0.327 e. The Kier molecular flexibility index (Phi) is 5.88. The van der Waals surface area contributed by atoms with E-state index in [0.29, 0.717) is 19.5 Å². The number of urea groups is 1.